The smallest absolute Gasteiger partial charge is 0.269 e. The van der Waals surface area contributed by atoms with Gasteiger partial charge in [0.05, 0.1) is 11.5 Å². The minimum atomic E-state index is -0.392. The molecule has 1 heterocycles. The van der Waals surface area contributed by atoms with Gasteiger partial charge in [0.1, 0.15) is 6.73 Å². The Labute approximate surface area is 87.4 Å². The van der Waals surface area contributed by atoms with Gasteiger partial charge in [0.25, 0.3) is 5.69 Å². The molecule has 1 aromatic rings. The second-order valence-corrected chi connectivity index (χ2v) is 3.43. The molecule has 0 amide bonds. The molecule has 2 rings (SSSR count). The predicted octanol–water partition coefficient (Wildman–Crippen LogP) is 1.78. The monoisotopic (exact) mass is 208 g/mol. The van der Waals surface area contributed by atoms with Crippen LogP contribution in [-0.4, -0.2) is 24.8 Å². The number of nitrogens with zero attached hydrogens (tertiary/aromatic N) is 2. The van der Waals surface area contributed by atoms with Crippen LogP contribution in [0.4, 0.5) is 11.4 Å². The van der Waals surface area contributed by atoms with Crippen molar-refractivity contribution in [2.75, 3.05) is 24.8 Å². The van der Waals surface area contributed by atoms with Gasteiger partial charge in [-0.15, -0.1) is 0 Å². The summed E-state index contributed by atoms with van der Waals surface area (Å²) in [4.78, 5) is 12.1. The fraction of sp³-hybridized carbons (Fsp3) is 0.400. The van der Waals surface area contributed by atoms with Crippen molar-refractivity contribution in [1.82, 2.24) is 0 Å². The summed E-state index contributed by atoms with van der Waals surface area (Å²) in [7, 11) is 0. The first-order chi connectivity index (χ1) is 7.27. The molecule has 0 aliphatic carbocycles. The lowest BCUT2D eigenvalue weighted by Gasteiger charge is -2.28. The molecule has 0 bridgehead atoms. The van der Waals surface area contributed by atoms with E-state index in [4.69, 9.17) is 4.74 Å². The maximum absolute atomic E-state index is 10.5. The van der Waals surface area contributed by atoms with E-state index in [9.17, 15) is 10.1 Å². The van der Waals surface area contributed by atoms with Crippen LogP contribution in [0.5, 0.6) is 0 Å². The quantitative estimate of drug-likeness (QED) is 0.549. The number of ether oxygens (including phenoxy) is 1. The largest absolute Gasteiger partial charge is 0.361 e. The van der Waals surface area contributed by atoms with Crippen molar-refractivity contribution in [3.8, 4) is 0 Å². The number of nitro benzene ring substituents is 1. The van der Waals surface area contributed by atoms with Crippen LogP contribution in [0, 0.1) is 10.1 Å². The summed E-state index contributed by atoms with van der Waals surface area (Å²) in [5, 5.41) is 10.5. The van der Waals surface area contributed by atoms with Crippen LogP contribution in [0.2, 0.25) is 0 Å². The van der Waals surface area contributed by atoms with Gasteiger partial charge in [-0.2, -0.15) is 0 Å². The Bertz CT molecular complexity index is 344. The summed E-state index contributed by atoms with van der Waals surface area (Å²) in [6.45, 7) is 2.30. The zero-order chi connectivity index (χ0) is 10.7. The van der Waals surface area contributed by atoms with Crippen molar-refractivity contribution in [3.63, 3.8) is 0 Å². The molecule has 5 nitrogen and oxygen atoms in total. The number of hydrogen-bond acceptors (Lipinski definition) is 4. The Morgan fingerprint density at radius 1 is 1.33 bits per heavy atom. The van der Waals surface area contributed by atoms with Crippen molar-refractivity contribution < 1.29 is 9.66 Å². The molecule has 0 aromatic heterocycles. The van der Waals surface area contributed by atoms with E-state index in [1.807, 2.05) is 0 Å². The van der Waals surface area contributed by atoms with Gasteiger partial charge >= 0.3 is 0 Å². The molecule has 1 aliphatic rings. The van der Waals surface area contributed by atoms with E-state index >= 15 is 0 Å². The highest BCUT2D eigenvalue weighted by Crippen LogP contribution is 2.20. The highest BCUT2D eigenvalue weighted by Gasteiger charge is 2.12. The Morgan fingerprint density at radius 2 is 2.07 bits per heavy atom. The van der Waals surface area contributed by atoms with E-state index in [0.717, 1.165) is 25.3 Å². The number of non-ortho nitro benzene ring substituents is 1. The SMILES string of the molecule is O=[N+]([O-])c1ccc(N2CCCOC2)cc1. The third-order valence-electron chi connectivity index (χ3n) is 2.39. The van der Waals surface area contributed by atoms with Gasteiger partial charge in [0.15, 0.2) is 0 Å². The fourth-order valence-electron chi connectivity index (χ4n) is 1.59. The van der Waals surface area contributed by atoms with Gasteiger partial charge in [-0.05, 0) is 18.6 Å². The van der Waals surface area contributed by atoms with Crippen molar-refractivity contribution in [2.24, 2.45) is 0 Å². The van der Waals surface area contributed by atoms with Crippen LogP contribution < -0.4 is 4.90 Å². The average Bonchev–Trinajstić information content (AvgIpc) is 2.30. The van der Waals surface area contributed by atoms with Crippen LogP contribution in [0.3, 0.4) is 0 Å². The lowest BCUT2D eigenvalue weighted by Crippen LogP contribution is -2.32. The minimum absolute atomic E-state index is 0.122. The van der Waals surface area contributed by atoms with Crippen LogP contribution in [0.15, 0.2) is 24.3 Å². The van der Waals surface area contributed by atoms with Crippen molar-refractivity contribution in [3.05, 3.63) is 34.4 Å². The van der Waals surface area contributed by atoms with Gasteiger partial charge < -0.3 is 9.64 Å². The lowest BCUT2D eigenvalue weighted by atomic mass is 10.2. The molecule has 0 spiro atoms. The van der Waals surface area contributed by atoms with E-state index in [2.05, 4.69) is 4.90 Å². The van der Waals surface area contributed by atoms with Crippen LogP contribution >= 0.6 is 0 Å². The molecule has 1 aromatic carbocycles. The summed E-state index contributed by atoms with van der Waals surface area (Å²) < 4.78 is 5.31. The van der Waals surface area contributed by atoms with E-state index in [1.54, 1.807) is 12.1 Å². The summed E-state index contributed by atoms with van der Waals surface area (Å²) in [6.07, 6.45) is 0.997. The topological polar surface area (TPSA) is 55.6 Å². The van der Waals surface area contributed by atoms with Gasteiger partial charge in [-0.1, -0.05) is 0 Å². The zero-order valence-electron chi connectivity index (χ0n) is 8.26. The fourth-order valence-corrected chi connectivity index (χ4v) is 1.59. The molecule has 1 saturated heterocycles. The standard InChI is InChI=1S/C10H12N2O3/c13-12(14)10-4-2-9(3-5-10)11-6-1-7-15-8-11/h2-5H,1,6-8H2. The van der Waals surface area contributed by atoms with E-state index < -0.39 is 4.92 Å². The molecule has 0 atom stereocenters. The molecule has 0 unspecified atom stereocenters. The molecular weight excluding hydrogens is 196 g/mol. The molecule has 1 fully saturated rings. The van der Waals surface area contributed by atoms with E-state index in [-0.39, 0.29) is 5.69 Å². The normalized spacial score (nSPS) is 16.4. The maximum atomic E-state index is 10.5. The predicted molar refractivity (Wildman–Crippen MR) is 55.9 cm³/mol. The van der Waals surface area contributed by atoms with Crippen LogP contribution in [0.1, 0.15) is 6.42 Å². The summed E-state index contributed by atoms with van der Waals surface area (Å²) in [6, 6.07) is 6.55. The zero-order valence-corrected chi connectivity index (χ0v) is 8.26. The molecule has 1 aliphatic heterocycles. The molecule has 15 heavy (non-hydrogen) atoms. The number of rotatable bonds is 2. The second kappa shape index (κ2) is 4.27. The van der Waals surface area contributed by atoms with Crippen molar-refractivity contribution in [1.29, 1.82) is 0 Å². The van der Waals surface area contributed by atoms with Crippen LogP contribution in [0.25, 0.3) is 0 Å². The lowest BCUT2D eigenvalue weighted by molar-refractivity contribution is -0.384. The highest BCUT2D eigenvalue weighted by molar-refractivity contribution is 5.50. The Balaban J connectivity index is 2.11. The van der Waals surface area contributed by atoms with Crippen molar-refractivity contribution in [2.45, 2.75) is 6.42 Å². The molecule has 0 radical (unpaired) electrons. The Morgan fingerprint density at radius 3 is 2.60 bits per heavy atom. The number of benzene rings is 1. The number of hydrogen-bond donors (Lipinski definition) is 0. The molecular formula is C10H12N2O3. The molecule has 80 valence electrons. The van der Waals surface area contributed by atoms with Crippen molar-refractivity contribution >= 4 is 11.4 Å². The second-order valence-electron chi connectivity index (χ2n) is 3.43. The highest BCUT2D eigenvalue weighted by atomic mass is 16.6. The molecule has 0 N–H and O–H groups in total. The van der Waals surface area contributed by atoms with Gasteiger partial charge in [-0.25, -0.2) is 0 Å². The number of nitro groups is 1. The first-order valence-corrected chi connectivity index (χ1v) is 4.84. The van der Waals surface area contributed by atoms with Gasteiger partial charge in [-0.3, -0.25) is 10.1 Å². The number of anilines is 1. The van der Waals surface area contributed by atoms with E-state index in [1.165, 1.54) is 12.1 Å². The Kier molecular flexibility index (Phi) is 2.82. The van der Waals surface area contributed by atoms with Crippen LogP contribution in [-0.2, 0) is 4.74 Å². The third kappa shape index (κ3) is 2.24. The first-order valence-electron chi connectivity index (χ1n) is 4.84. The summed E-state index contributed by atoms with van der Waals surface area (Å²) in [5.74, 6) is 0. The summed E-state index contributed by atoms with van der Waals surface area (Å²) >= 11 is 0. The van der Waals surface area contributed by atoms with E-state index in [0.29, 0.717) is 6.73 Å². The summed E-state index contributed by atoms with van der Waals surface area (Å²) in [5.41, 5.74) is 1.09. The minimum Gasteiger partial charge on any atom is -0.361 e. The first kappa shape index (κ1) is 9.92. The van der Waals surface area contributed by atoms with Gasteiger partial charge in [0, 0.05) is 24.4 Å². The third-order valence-corrected chi connectivity index (χ3v) is 2.39. The Hall–Kier alpha value is -1.62. The maximum Gasteiger partial charge on any atom is 0.269 e. The van der Waals surface area contributed by atoms with Gasteiger partial charge in [0.2, 0.25) is 0 Å². The molecule has 0 saturated carbocycles. The molecule has 5 heteroatoms. The average molecular weight is 208 g/mol.